The average molecular weight is 270 g/mol. The van der Waals surface area contributed by atoms with Gasteiger partial charge in [-0.15, -0.1) is 13.2 Å². The summed E-state index contributed by atoms with van der Waals surface area (Å²) in [6.45, 7) is 1.91. The molecule has 102 valence electrons. The molecule has 3 nitrogen and oxygen atoms in total. The molecule has 0 aliphatic heterocycles. The lowest BCUT2D eigenvalue weighted by Crippen LogP contribution is -2.17. The van der Waals surface area contributed by atoms with E-state index in [-0.39, 0.29) is 11.4 Å². The van der Waals surface area contributed by atoms with Crippen LogP contribution < -0.4 is 10.5 Å². The third kappa shape index (κ3) is 4.54. The van der Waals surface area contributed by atoms with Crippen molar-refractivity contribution >= 4 is 5.70 Å². The van der Waals surface area contributed by atoms with Crippen LogP contribution in [0.2, 0.25) is 0 Å². The van der Waals surface area contributed by atoms with E-state index < -0.39 is 6.36 Å². The van der Waals surface area contributed by atoms with Gasteiger partial charge in [-0.1, -0.05) is 13.3 Å². The van der Waals surface area contributed by atoms with Crippen LogP contribution in [-0.4, -0.2) is 6.36 Å². The van der Waals surface area contributed by atoms with E-state index in [0.717, 1.165) is 18.6 Å². The van der Waals surface area contributed by atoms with Crippen LogP contribution in [-0.2, 0) is 0 Å². The number of nitriles is 1. The summed E-state index contributed by atoms with van der Waals surface area (Å²) in [7, 11) is 0. The van der Waals surface area contributed by atoms with Crippen molar-refractivity contribution in [3.8, 4) is 11.8 Å². The van der Waals surface area contributed by atoms with Gasteiger partial charge in [-0.25, -0.2) is 0 Å². The lowest BCUT2D eigenvalue weighted by Gasteiger charge is -2.10. The summed E-state index contributed by atoms with van der Waals surface area (Å²) in [4.78, 5) is 0. The lowest BCUT2D eigenvalue weighted by molar-refractivity contribution is -0.274. The van der Waals surface area contributed by atoms with Crippen LogP contribution in [0.15, 0.2) is 29.8 Å². The van der Waals surface area contributed by atoms with E-state index in [1.54, 1.807) is 0 Å². The van der Waals surface area contributed by atoms with Gasteiger partial charge in [0, 0.05) is 0 Å². The molecule has 0 saturated heterocycles. The van der Waals surface area contributed by atoms with Crippen LogP contribution in [0.3, 0.4) is 0 Å². The molecule has 0 atom stereocenters. The third-order valence-electron chi connectivity index (χ3n) is 2.36. The first-order valence-electron chi connectivity index (χ1n) is 5.62. The Morgan fingerprint density at radius 3 is 2.32 bits per heavy atom. The van der Waals surface area contributed by atoms with E-state index in [2.05, 4.69) is 4.74 Å². The normalized spacial score (nSPS) is 12.6. The monoisotopic (exact) mass is 270 g/mol. The molecule has 1 aromatic rings. The second-order valence-corrected chi connectivity index (χ2v) is 3.83. The van der Waals surface area contributed by atoms with Gasteiger partial charge >= 0.3 is 6.36 Å². The Bertz CT molecular complexity index is 498. The van der Waals surface area contributed by atoms with E-state index in [1.165, 1.54) is 12.1 Å². The molecule has 0 aliphatic carbocycles. The van der Waals surface area contributed by atoms with E-state index in [4.69, 9.17) is 11.0 Å². The molecule has 0 bridgehead atoms. The number of rotatable bonds is 4. The van der Waals surface area contributed by atoms with Gasteiger partial charge in [-0.2, -0.15) is 5.26 Å². The average Bonchev–Trinajstić information content (AvgIpc) is 2.34. The number of benzene rings is 1. The number of halogens is 3. The molecule has 0 spiro atoms. The fraction of sp³-hybridized carbons (Fsp3) is 0.308. The van der Waals surface area contributed by atoms with Crippen LogP contribution in [0.5, 0.6) is 5.75 Å². The maximum absolute atomic E-state index is 12.0. The van der Waals surface area contributed by atoms with Gasteiger partial charge in [0.1, 0.15) is 5.75 Å². The van der Waals surface area contributed by atoms with E-state index in [9.17, 15) is 13.2 Å². The number of hydrogen-bond donors (Lipinski definition) is 1. The molecule has 0 aromatic heterocycles. The summed E-state index contributed by atoms with van der Waals surface area (Å²) in [5.74, 6) is -0.321. The van der Waals surface area contributed by atoms with Crippen molar-refractivity contribution in [3.05, 3.63) is 35.4 Å². The largest absolute Gasteiger partial charge is 0.573 e. The van der Waals surface area contributed by atoms with Crippen LogP contribution in [0.25, 0.3) is 5.70 Å². The predicted octanol–water partition coefficient (Wildman–Crippen LogP) is 3.58. The highest BCUT2D eigenvalue weighted by Gasteiger charge is 2.30. The van der Waals surface area contributed by atoms with Crippen LogP contribution in [0.4, 0.5) is 13.2 Å². The van der Waals surface area contributed by atoms with Crippen molar-refractivity contribution in [2.75, 3.05) is 0 Å². The second-order valence-electron chi connectivity index (χ2n) is 3.83. The number of nitrogens with two attached hydrogens (primary N) is 1. The molecular formula is C13H13F3N2O. The zero-order valence-electron chi connectivity index (χ0n) is 10.3. The van der Waals surface area contributed by atoms with Crippen molar-refractivity contribution < 1.29 is 17.9 Å². The number of ether oxygens (including phenoxy) is 1. The summed E-state index contributed by atoms with van der Waals surface area (Å²) in [5.41, 5.74) is 7.01. The molecule has 0 amide bonds. The summed E-state index contributed by atoms with van der Waals surface area (Å²) >= 11 is 0. The molecule has 1 aromatic carbocycles. The zero-order valence-corrected chi connectivity index (χ0v) is 10.3. The minimum absolute atomic E-state index is 0.280. The zero-order chi connectivity index (χ0) is 14.5. The van der Waals surface area contributed by atoms with Crippen LogP contribution in [0.1, 0.15) is 25.3 Å². The molecule has 0 aliphatic rings. The maximum atomic E-state index is 12.0. The van der Waals surface area contributed by atoms with Gasteiger partial charge in [0.15, 0.2) is 0 Å². The van der Waals surface area contributed by atoms with Crippen molar-refractivity contribution in [2.24, 2.45) is 5.73 Å². The molecule has 0 radical (unpaired) electrons. The van der Waals surface area contributed by atoms with Crippen molar-refractivity contribution in [1.29, 1.82) is 5.26 Å². The molecule has 19 heavy (non-hydrogen) atoms. The minimum Gasteiger partial charge on any atom is -0.406 e. The Labute approximate surface area is 109 Å². The van der Waals surface area contributed by atoms with Gasteiger partial charge in [0.25, 0.3) is 0 Å². The molecule has 0 fully saturated rings. The smallest absolute Gasteiger partial charge is 0.406 e. The molecule has 0 heterocycles. The fourth-order valence-electron chi connectivity index (χ4n) is 1.51. The van der Waals surface area contributed by atoms with Gasteiger partial charge < -0.3 is 10.5 Å². The standard InChI is InChI=1S/C13H13F3N2O/c1-2-3-10(8-17)12(18)9-4-6-11(7-5-9)19-13(14,15)16/h4-7H,2-3,18H2,1H3/b12-10-. The van der Waals surface area contributed by atoms with Gasteiger partial charge in [0.05, 0.1) is 17.3 Å². The second kappa shape index (κ2) is 6.14. The highest BCUT2D eigenvalue weighted by molar-refractivity contribution is 5.69. The summed E-state index contributed by atoms with van der Waals surface area (Å²) in [5, 5.41) is 8.93. The third-order valence-corrected chi connectivity index (χ3v) is 2.36. The van der Waals surface area contributed by atoms with E-state index in [1.807, 2.05) is 13.0 Å². The van der Waals surface area contributed by atoms with Crippen molar-refractivity contribution in [2.45, 2.75) is 26.1 Å². The molecule has 2 N–H and O–H groups in total. The number of hydrogen-bond acceptors (Lipinski definition) is 3. The summed E-state index contributed by atoms with van der Waals surface area (Å²) in [6, 6.07) is 7.11. The molecule has 6 heteroatoms. The SMILES string of the molecule is CCC/C(C#N)=C(/N)c1ccc(OC(F)(F)F)cc1. The Kier molecular flexibility index (Phi) is 4.81. The predicted molar refractivity (Wildman–Crippen MR) is 64.8 cm³/mol. The number of allylic oxidation sites excluding steroid dienone is 1. The lowest BCUT2D eigenvalue weighted by atomic mass is 10.0. The topological polar surface area (TPSA) is 59.0 Å². The first-order chi connectivity index (χ1) is 8.87. The van der Waals surface area contributed by atoms with Crippen molar-refractivity contribution in [3.63, 3.8) is 0 Å². The molecule has 0 saturated carbocycles. The first kappa shape index (κ1) is 14.9. The maximum Gasteiger partial charge on any atom is 0.573 e. The first-order valence-corrected chi connectivity index (χ1v) is 5.62. The Hall–Kier alpha value is -2.16. The van der Waals surface area contributed by atoms with Gasteiger partial charge in [0.2, 0.25) is 0 Å². The fourth-order valence-corrected chi connectivity index (χ4v) is 1.51. The number of nitrogens with zero attached hydrogens (tertiary/aromatic N) is 1. The van der Waals surface area contributed by atoms with Crippen LogP contribution >= 0.6 is 0 Å². The van der Waals surface area contributed by atoms with E-state index in [0.29, 0.717) is 17.6 Å². The number of alkyl halides is 3. The Morgan fingerprint density at radius 2 is 1.89 bits per heavy atom. The van der Waals surface area contributed by atoms with Crippen molar-refractivity contribution in [1.82, 2.24) is 0 Å². The molecular weight excluding hydrogens is 257 g/mol. The molecule has 0 unspecified atom stereocenters. The summed E-state index contributed by atoms with van der Waals surface area (Å²) < 4.78 is 39.7. The highest BCUT2D eigenvalue weighted by Crippen LogP contribution is 2.25. The van der Waals surface area contributed by atoms with E-state index >= 15 is 0 Å². The van der Waals surface area contributed by atoms with Crippen LogP contribution in [0, 0.1) is 11.3 Å². The van der Waals surface area contributed by atoms with Gasteiger partial charge in [-0.3, -0.25) is 0 Å². The Morgan fingerprint density at radius 1 is 1.32 bits per heavy atom. The summed E-state index contributed by atoms with van der Waals surface area (Å²) in [6.07, 6.45) is -3.43. The highest BCUT2D eigenvalue weighted by atomic mass is 19.4. The molecule has 1 rings (SSSR count). The quantitative estimate of drug-likeness (QED) is 0.851. The minimum atomic E-state index is -4.72. The Balaban J connectivity index is 2.96. The van der Waals surface area contributed by atoms with Gasteiger partial charge in [-0.05, 0) is 36.2 Å².